The Morgan fingerprint density at radius 3 is 1.36 bits per heavy atom. The normalized spacial score (nSPS) is 19.0. The Bertz CT molecular complexity index is 2530. The van der Waals surface area contributed by atoms with E-state index in [2.05, 4.69) is 32.6 Å². The number of azide groups is 1. The summed E-state index contributed by atoms with van der Waals surface area (Å²) in [5, 5.41) is 14.0. The third-order valence-corrected chi connectivity index (χ3v) is 13.0. The van der Waals surface area contributed by atoms with Crippen LogP contribution < -0.4 is 0 Å². The van der Waals surface area contributed by atoms with E-state index in [-0.39, 0.29) is 44.6 Å². The smallest absolute Gasteiger partial charge is 0.411 e. The molecule has 2 fully saturated rings. The maximum absolute atomic E-state index is 13.5. The molecule has 6 aromatic rings. The van der Waals surface area contributed by atoms with Crippen LogP contribution in [0.4, 0.5) is 9.59 Å². The summed E-state index contributed by atoms with van der Waals surface area (Å²) in [6, 6.07) is 56.1. The number of halogens is 1. The van der Waals surface area contributed by atoms with Gasteiger partial charge in [0.2, 0.25) is 0 Å². The van der Waals surface area contributed by atoms with Crippen LogP contribution in [0.2, 0.25) is 0 Å². The number of aliphatic hydroxyl groups is 1. The van der Waals surface area contributed by atoms with Crippen molar-refractivity contribution in [2.75, 3.05) is 0 Å². The van der Waals surface area contributed by atoms with Gasteiger partial charge in [-0.2, -0.15) is 0 Å². The van der Waals surface area contributed by atoms with Crippen LogP contribution in [0.25, 0.3) is 10.4 Å². The summed E-state index contributed by atoms with van der Waals surface area (Å²) in [6.07, 6.45) is -0.429. The van der Waals surface area contributed by atoms with Gasteiger partial charge in [-0.05, 0) is 64.6 Å². The second kappa shape index (κ2) is 28.1. The van der Waals surface area contributed by atoms with Crippen LogP contribution in [0, 0.1) is 0 Å². The largest absolute Gasteiger partial charge is 0.459 e. The van der Waals surface area contributed by atoms with Gasteiger partial charge >= 0.3 is 18.2 Å². The van der Waals surface area contributed by atoms with Crippen molar-refractivity contribution in [3.05, 3.63) is 226 Å². The molecule has 14 heteroatoms. The number of esters is 1. The first-order valence-electron chi connectivity index (χ1n) is 22.6. The predicted molar refractivity (Wildman–Crippen MR) is 279 cm³/mol. The molecule has 3 unspecified atom stereocenters. The summed E-state index contributed by atoms with van der Waals surface area (Å²) in [4.78, 5) is 45.7. The highest BCUT2D eigenvalue weighted by atomic mass is 127. The summed E-state index contributed by atoms with van der Waals surface area (Å²) in [5.74, 6) is -0.586. The van der Waals surface area contributed by atoms with Gasteiger partial charge in [0.1, 0.15) is 25.4 Å². The lowest BCUT2D eigenvalue weighted by Crippen LogP contribution is -2.46. The number of alkyl halides is 1. The van der Waals surface area contributed by atoms with Crippen molar-refractivity contribution in [3.8, 4) is 0 Å². The summed E-state index contributed by atoms with van der Waals surface area (Å²) in [7, 11) is 0. The number of amides is 2. The van der Waals surface area contributed by atoms with Gasteiger partial charge in [0.25, 0.3) is 0 Å². The number of carbonyl (C=O) groups is 3. The predicted octanol–water partition coefficient (Wildman–Crippen LogP) is 13.1. The van der Waals surface area contributed by atoms with E-state index in [0.29, 0.717) is 19.4 Å². The van der Waals surface area contributed by atoms with Crippen molar-refractivity contribution < 1.29 is 38.4 Å². The standard InChI is InChI=1S/C27H28INO4.C27H26N4O4.2CH4/c28-23-16-17-24(33-26(23)30)25(22-14-8-3-9-15-22)29(18-20-10-4-1-5-11-20)27(31)32-19-21-12-6-2-7-13-21;28-30-29-23-16-17-24(35-26(23)32)25(22-14-8-3-9-15-22)31(18-20-10-4-1-5-11-20)27(33)34-19-21-12-6-2-7-13-21;;/h1-15,23-26,30H,16-19H2;1-15,23-25H,16-19H2;2*1H4/t23?,24-,25+,26?;23?,24-,25+;;/m00../s1. The highest BCUT2D eigenvalue weighted by Crippen LogP contribution is 2.37. The Balaban J connectivity index is 0.000000254. The van der Waals surface area contributed by atoms with Gasteiger partial charge < -0.3 is 24.1 Å². The minimum absolute atomic E-state index is 0. The molecule has 0 bridgehead atoms. The maximum Gasteiger partial charge on any atom is 0.411 e. The number of cyclic esters (lactones) is 1. The van der Waals surface area contributed by atoms with Gasteiger partial charge in [-0.3, -0.25) is 14.6 Å². The van der Waals surface area contributed by atoms with Crippen molar-refractivity contribution in [3.63, 3.8) is 0 Å². The number of ether oxygens (including phenoxy) is 4. The monoisotopic (exact) mass is 1060 g/mol. The summed E-state index contributed by atoms with van der Waals surface area (Å²) >= 11 is 2.22. The number of hydrogen-bond donors (Lipinski definition) is 1. The molecule has 1 N–H and O–H groups in total. The molecule has 2 saturated heterocycles. The van der Waals surface area contributed by atoms with Gasteiger partial charge in [0.05, 0.1) is 22.1 Å². The molecule has 8 rings (SSSR count). The first-order valence-corrected chi connectivity index (χ1v) is 23.9. The van der Waals surface area contributed by atoms with E-state index >= 15 is 0 Å². The first kappa shape index (κ1) is 54.2. The van der Waals surface area contributed by atoms with E-state index in [4.69, 9.17) is 24.5 Å². The molecule has 366 valence electrons. The van der Waals surface area contributed by atoms with Crippen molar-refractivity contribution >= 4 is 40.7 Å². The van der Waals surface area contributed by atoms with Gasteiger partial charge in [0, 0.05) is 18.0 Å². The minimum Gasteiger partial charge on any atom is -0.459 e. The second-order valence-electron chi connectivity index (χ2n) is 16.5. The van der Waals surface area contributed by atoms with Crippen LogP contribution in [0.15, 0.2) is 187 Å². The number of benzene rings is 6. The zero-order valence-corrected chi connectivity index (χ0v) is 39.6. The Morgan fingerprint density at radius 1 is 0.600 bits per heavy atom. The SMILES string of the molecule is C.C.O=C(OCc1ccccc1)N(Cc1ccccc1)[C@H](c1ccccc1)[C@@H]1CCC(I)C(O)O1.[N-]=[N+]=NC1CC[C@@H]([C@@H](c2ccccc2)N(Cc2ccccc2)C(=O)OCc2ccccc2)OC1=O. The lowest BCUT2D eigenvalue weighted by Gasteiger charge is -2.40. The van der Waals surface area contributed by atoms with Crippen LogP contribution in [-0.4, -0.2) is 61.5 Å². The number of hydrogen-bond acceptors (Lipinski definition) is 9. The second-order valence-corrected chi connectivity index (χ2v) is 18.1. The molecule has 70 heavy (non-hydrogen) atoms. The van der Waals surface area contributed by atoms with Crippen molar-refractivity contribution in [1.29, 1.82) is 0 Å². The first-order chi connectivity index (χ1) is 33.3. The highest BCUT2D eigenvalue weighted by molar-refractivity contribution is 14.1. The third-order valence-electron chi connectivity index (χ3n) is 11.7. The number of carbonyl (C=O) groups excluding carboxylic acids is 3. The van der Waals surface area contributed by atoms with E-state index in [1.165, 1.54) is 0 Å². The molecule has 0 aliphatic carbocycles. The molecule has 0 aromatic heterocycles. The lowest BCUT2D eigenvalue weighted by molar-refractivity contribution is -0.174. The van der Waals surface area contributed by atoms with Crippen LogP contribution in [-0.2, 0) is 50.0 Å². The molecule has 0 spiro atoms. The average Bonchev–Trinajstić information content (AvgIpc) is 3.38. The van der Waals surface area contributed by atoms with Crippen molar-refractivity contribution in [2.24, 2.45) is 5.11 Å². The quantitative estimate of drug-likeness (QED) is 0.0202. The van der Waals surface area contributed by atoms with Gasteiger partial charge in [-0.25, -0.2) is 9.59 Å². The fourth-order valence-electron chi connectivity index (χ4n) is 8.36. The molecule has 2 amide bonds. The highest BCUT2D eigenvalue weighted by Gasteiger charge is 2.41. The summed E-state index contributed by atoms with van der Waals surface area (Å²) in [5.41, 5.74) is 14.2. The molecule has 2 aliphatic rings. The topological polar surface area (TPSA) is 164 Å². The lowest BCUT2D eigenvalue weighted by atomic mass is 9.92. The molecule has 6 aromatic carbocycles. The fraction of sp³-hybridized carbons (Fsp3) is 0.304. The van der Waals surface area contributed by atoms with Crippen molar-refractivity contribution in [1.82, 2.24) is 9.80 Å². The fourth-order valence-corrected chi connectivity index (χ4v) is 8.88. The molecule has 7 atom stereocenters. The zero-order chi connectivity index (χ0) is 47.5. The molecule has 0 radical (unpaired) electrons. The zero-order valence-electron chi connectivity index (χ0n) is 37.4. The van der Waals surface area contributed by atoms with Crippen LogP contribution >= 0.6 is 22.6 Å². The Labute approximate surface area is 425 Å². The molecule has 2 heterocycles. The molecular weight excluding hydrogens is 998 g/mol. The van der Waals surface area contributed by atoms with E-state index in [1.807, 2.05) is 182 Å². The molecular formula is C56H62IN5O8. The average molecular weight is 1060 g/mol. The molecule has 2 aliphatic heterocycles. The van der Waals surface area contributed by atoms with Crippen LogP contribution in [0.1, 0.15) is 86.0 Å². The number of rotatable bonds is 15. The van der Waals surface area contributed by atoms with Crippen LogP contribution in [0.5, 0.6) is 0 Å². The summed E-state index contributed by atoms with van der Waals surface area (Å²) in [6.45, 7) is 0.950. The number of aliphatic hydroxyl groups excluding tert-OH is 1. The maximum atomic E-state index is 13.5. The van der Waals surface area contributed by atoms with E-state index < -0.39 is 48.7 Å². The van der Waals surface area contributed by atoms with Gasteiger partial charge in [0.15, 0.2) is 6.29 Å². The minimum atomic E-state index is -0.866. The van der Waals surface area contributed by atoms with Crippen molar-refractivity contribution in [2.45, 2.75) is 107 Å². The van der Waals surface area contributed by atoms with Crippen LogP contribution in [0.3, 0.4) is 0 Å². The number of nitrogens with zero attached hydrogens (tertiary/aromatic N) is 5. The Kier molecular flexibility index (Phi) is 21.8. The third kappa shape index (κ3) is 15.4. The van der Waals surface area contributed by atoms with Gasteiger partial charge in [-0.15, -0.1) is 0 Å². The Morgan fingerprint density at radius 2 is 0.971 bits per heavy atom. The Hall–Kier alpha value is -6.71. The van der Waals surface area contributed by atoms with E-state index in [9.17, 15) is 19.5 Å². The molecule has 0 saturated carbocycles. The van der Waals surface area contributed by atoms with E-state index in [1.54, 1.807) is 9.80 Å². The van der Waals surface area contributed by atoms with E-state index in [0.717, 1.165) is 46.2 Å². The molecule has 13 nitrogen and oxygen atoms in total. The summed E-state index contributed by atoms with van der Waals surface area (Å²) < 4.78 is 23.3. The van der Waals surface area contributed by atoms with Gasteiger partial charge in [-0.1, -0.05) is 225 Å².